The lowest BCUT2D eigenvalue weighted by molar-refractivity contribution is -0.132. The number of carbonyl (C=O) groups excluding carboxylic acids is 1. The maximum absolute atomic E-state index is 13.6. The molecule has 1 aliphatic heterocycles. The van der Waals surface area contributed by atoms with E-state index in [4.69, 9.17) is 10.7 Å². The lowest BCUT2D eigenvalue weighted by atomic mass is 9.80. The molecule has 0 saturated heterocycles. The van der Waals surface area contributed by atoms with Crippen LogP contribution in [0.4, 0.5) is 0 Å². The minimum absolute atomic E-state index is 0.0417. The Morgan fingerprint density at radius 3 is 2.80 bits per heavy atom. The van der Waals surface area contributed by atoms with E-state index in [0.29, 0.717) is 18.5 Å². The van der Waals surface area contributed by atoms with Crippen molar-refractivity contribution < 1.29 is 4.79 Å². The van der Waals surface area contributed by atoms with Crippen LogP contribution >= 0.6 is 11.3 Å². The third-order valence-corrected chi connectivity index (χ3v) is 7.08. The minimum Gasteiger partial charge on any atom is -0.369 e. The van der Waals surface area contributed by atoms with Crippen LogP contribution in [0.15, 0.2) is 65.7 Å². The van der Waals surface area contributed by atoms with Crippen LogP contribution in [0.2, 0.25) is 0 Å². The molecule has 1 atom stereocenters. The van der Waals surface area contributed by atoms with E-state index in [2.05, 4.69) is 12.1 Å². The zero-order valence-electron chi connectivity index (χ0n) is 16.3. The lowest BCUT2D eigenvalue weighted by Gasteiger charge is -2.30. The number of fused-ring (bicyclic) bond motifs is 2. The first-order valence-electron chi connectivity index (χ1n) is 9.96. The van der Waals surface area contributed by atoms with Gasteiger partial charge in [0.1, 0.15) is 0 Å². The van der Waals surface area contributed by atoms with Gasteiger partial charge >= 0.3 is 0 Å². The number of carbonyl (C=O) groups is 1. The second-order valence-corrected chi connectivity index (χ2v) is 8.84. The molecule has 0 bridgehead atoms. The fourth-order valence-electron chi connectivity index (χ4n) is 4.38. The fraction of sp³-hybridized carbons (Fsp3) is 0.208. The van der Waals surface area contributed by atoms with Gasteiger partial charge in [-0.2, -0.15) is 5.26 Å². The summed E-state index contributed by atoms with van der Waals surface area (Å²) >= 11 is 1.69. The van der Waals surface area contributed by atoms with E-state index in [1.165, 1.54) is 4.88 Å². The molecule has 2 heterocycles. The average Bonchev–Trinajstić information content (AvgIpc) is 3.32. The Balaban J connectivity index is 1.53. The molecular formula is C24H20N4OS. The van der Waals surface area contributed by atoms with Crippen LogP contribution in [-0.2, 0) is 23.3 Å². The number of guanidine groups is 1. The van der Waals surface area contributed by atoms with Gasteiger partial charge in [-0.3, -0.25) is 9.69 Å². The van der Waals surface area contributed by atoms with Crippen LogP contribution in [-0.4, -0.2) is 16.8 Å². The largest absolute Gasteiger partial charge is 0.369 e. The Hall–Kier alpha value is -3.43. The van der Waals surface area contributed by atoms with Gasteiger partial charge in [0.25, 0.3) is 5.91 Å². The molecule has 2 N–H and O–H groups in total. The zero-order chi connectivity index (χ0) is 20.7. The molecule has 6 heteroatoms. The third-order valence-electron chi connectivity index (χ3n) is 5.84. The molecular weight excluding hydrogens is 392 g/mol. The summed E-state index contributed by atoms with van der Waals surface area (Å²) in [7, 11) is 0. The van der Waals surface area contributed by atoms with Gasteiger partial charge in [0.2, 0.25) is 0 Å². The second-order valence-electron chi connectivity index (χ2n) is 7.70. The summed E-state index contributed by atoms with van der Waals surface area (Å²) in [6.45, 7) is 0.424. The summed E-state index contributed by atoms with van der Waals surface area (Å²) in [5.74, 6) is 0.246. The van der Waals surface area contributed by atoms with Crippen molar-refractivity contribution in [2.75, 3.05) is 0 Å². The van der Waals surface area contributed by atoms with Gasteiger partial charge in [-0.05, 0) is 48.6 Å². The Labute approximate surface area is 179 Å². The number of benzene rings is 2. The molecule has 2 aromatic carbocycles. The average molecular weight is 413 g/mol. The van der Waals surface area contributed by atoms with Crippen LogP contribution in [0, 0.1) is 11.3 Å². The zero-order valence-corrected chi connectivity index (χ0v) is 17.2. The Morgan fingerprint density at radius 2 is 2.00 bits per heavy atom. The summed E-state index contributed by atoms with van der Waals surface area (Å²) in [5.41, 5.74) is 8.95. The molecule has 5 rings (SSSR count). The normalized spacial score (nSPS) is 20.2. The predicted molar refractivity (Wildman–Crippen MR) is 118 cm³/mol. The van der Waals surface area contributed by atoms with Crippen LogP contribution in [0.25, 0.3) is 10.4 Å². The number of hydrogen-bond acceptors (Lipinski definition) is 5. The van der Waals surface area contributed by atoms with Crippen molar-refractivity contribution in [1.29, 1.82) is 5.26 Å². The highest BCUT2D eigenvalue weighted by Gasteiger charge is 2.51. The van der Waals surface area contributed by atoms with Crippen molar-refractivity contribution in [2.24, 2.45) is 10.7 Å². The number of amides is 1. The monoisotopic (exact) mass is 412 g/mol. The van der Waals surface area contributed by atoms with Crippen molar-refractivity contribution in [1.82, 2.24) is 4.90 Å². The summed E-state index contributed by atoms with van der Waals surface area (Å²) in [6.07, 6.45) is 2.49. The van der Waals surface area contributed by atoms with Gasteiger partial charge in [0.05, 0.1) is 18.2 Å². The van der Waals surface area contributed by atoms with Crippen molar-refractivity contribution >= 4 is 23.2 Å². The number of rotatable bonds is 3. The summed E-state index contributed by atoms with van der Waals surface area (Å²) in [6, 6.07) is 21.7. The lowest BCUT2D eigenvalue weighted by Crippen LogP contribution is -2.43. The molecule has 0 saturated carbocycles. The number of aryl methyl sites for hydroxylation is 1. The summed E-state index contributed by atoms with van der Waals surface area (Å²) in [5, 5.41) is 9.22. The Morgan fingerprint density at radius 1 is 1.17 bits per heavy atom. The highest BCUT2D eigenvalue weighted by atomic mass is 32.1. The molecule has 1 aliphatic carbocycles. The molecule has 0 fully saturated rings. The number of nitrogens with two attached hydrogens (primary N) is 1. The quantitative estimate of drug-likeness (QED) is 0.701. The van der Waals surface area contributed by atoms with Crippen molar-refractivity contribution in [3.8, 4) is 16.5 Å². The highest BCUT2D eigenvalue weighted by molar-refractivity contribution is 7.15. The number of hydrogen-bond donors (Lipinski definition) is 1. The Bertz CT molecular complexity index is 1210. The molecule has 0 radical (unpaired) electrons. The van der Waals surface area contributed by atoms with Gasteiger partial charge in [0.15, 0.2) is 11.5 Å². The molecule has 1 amide bonds. The minimum atomic E-state index is -0.923. The standard InChI is InChI=1S/C24H20N4OS/c25-14-17-8-4-9-18(12-17)21-13-19-20(30-21)10-5-11-24(19)22(29)28(23(26)27-24)15-16-6-2-1-3-7-16/h1-4,6-9,12-13H,5,10-11,15H2,(H2,26,27). The molecule has 2 aliphatic rings. The molecule has 1 aromatic heterocycles. The van der Waals surface area contributed by atoms with Gasteiger partial charge in [-0.25, -0.2) is 4.99 Å². The topological polar surface area (TPSA) is 82.5 Å². The van der Waals surface area contributed by atoms with Gasteiger partial charge in [-0.1, -0.05) is 42.5 Å². The van der Waals surface area contributed by atoms with Gasteiger partial charge < -0.3 is 5.73 Å². The van der Waals surface area contributed by atoms with Gasteiger partial charge in [-0.15, -0.1) is 11.3 Å². The molecule has 3 aromatic rings. The SMILES string of the molecule is N#Cc1cccc(-c2cc3c(s2)CCCC32N=C(N)N(Cc3ccccc3)C2=O)c1. The number of nitriles is 1. The summed E-state index contributed by atoms with van der Waals surface area (Å²) in [4.78, 5) is 22.2. The van der Waals surface area contributed by atoms with Crippen molar-refractivity contribution in [2.45, 2.75) is 31.3 Å². The van der Waals surface area contributed by atoms with Crippen LogP contribution in [0.5, 0.6) is 0 Å². The fourth-order valence-corrected chi connectivity index (χ4v) is 5.65. The maximum Gasteiger partial charge on any atom is 0.262 e. The van der Waals surface area contributed by atoms with E-state index >= 15 is 0 Å². The maximum atomic E-state index is 13.6. The van der Waals surface area contributed by atoms with E-state index in [-0.39, 0.29) is 11.9 Å². The second kappa shape index (κ2) is 7.12. The predicted octanol–water partition coefficient (Wildman–Crippen LogP) is 4.18. The molecule has 1 spiro atoms. The van der Waals surface area contributed by atoms with E-state index in [1.54, 1.807) is 22.3 Å². The van der Waals surface area contributed by atoms with E-state index in [1.807, 2.05) is 48.5 Å². The summed E-state index contributed by atoms with van der Waals surface area (Å²) < 4.78 is 0. The highest BCUT2D eigenvalue weighted by Crippen LogP contribution is 2.48. The van der Waals surface area contributed by atoms with E-state index in [9.17, 15) is 10.1 Å². The van der Waals surface area contributed by atoms with Crippen molar-refractivity contribution in [3.05, 3.63) is 82.2 Å². The third kappa shape index (κ3) is 2.90. The van der Waals surface area contributed by atoms with Gasteiger partial charge in [0, 0.05) is 15.3 Å². The number of aliphatic imine (C=N–C) groups is 1. The van der Waals surface area contributed by atoms with Crippen LogP contribution in [0.1, 0.15) is 34.4 Å². The number of thiophene rings is 1. The first-order chi connectivity index (χ1) is 14.6. The Kier molecular flexibility index (Phi) is 4.41. The number of nitrogens with zero attached hydrogens (tertiary/aromatic N) is 3. The smallest absolute Gasteiger partial charge is 0.262 e. The first-order valence-corrected chi connectivity index (χ1v) is 10.8. The van der Waals surface area contributed by atoms with Crippen LogP contribution < -0.4 is 5.73 Å². The van der Waals surface area contributed by atoms with E-state index in [0.717, 1.165) is 34.4 Å². The molecule has 30 heavy (non-hydrogen) atoms. The molecule has 5 nitrogen and oxygen atoms in total. The molecule has 1 unspecified atom stereocenters. The van der Waals surface area contributed by atoms with Crippen LogP contribution in [0.3, 0.4) is 0 Å². The molecule has 148 valence electrons. The van der Waals surface area contributed by atoms with E-state index < -0.39 is 5.54 Å². The first kappa shape index (κ1) is 18.6. The van der Waals surface area contributed by atoms with Crippen molar-refractivity contribution in [3.63, 3.8) is 0 Å².